The van der Waals surface area contributed by atoms with Crippen LogP contribution in [-0.4, -0.2) is 17.6 Å². The van der Waals surface area contributed by atoms with Crippen LogP contribution in [0.1, 0.15) is 5.56 Å². The van der Waals surface area contributed by atoms with Crippen molar-refractivity contribution >= 4 is 49.5 Å². The van der Waals surface area contributed by atoms with Crippen LogP contribution in [0.25, 0.3) is 6.08 Å². The van der Waals surface area contributed by atoms with Gasteiger partial charge in [0.2, 0.25) is 0 Å². The Morgan fingerprint density at radius 2 is 2.00 bits per heavy atom. The van der Waals surface area contributed by atoms with E-state index in [4.69, 9.17) is 11.2 Å². The average molecular weight is 476 g/mol. The largest absolute Gasteiger partial charge is 0.508 e. The summed E-state index contributed by atoms with van der Waals surface area (Å²) >= 11 is 6.74. The molecule has 0 bridgehead atoms. The van der Waals surface area contributed by atoms with Crippen molar-refractivity contribution in [2.75, 3.05) is 11.9 Å². The molecule has 0 atom stereocenters. The molecule has 5 nitrogen and oxygen atoms in total. The summed E-state index contributed by atoms with van der Waals surface area (Å²) < 4.78 is 6.88. The first-order valence-corrected chi connectivity index (χ1v) is 8.80. The Hall–Kier alpha value is -2.74. The maximum atomic E-state index is 12.4. The number of hydrogen-bond donors (Lipinski definition) is 2. The summed E-state index contributed by atoms with van der Waals surface area (Å²) in [6, 6.07) is 11.3. The van der Waals surface area contributed by atoms with Gasteiger partial charge in [-0.15, -0.1) is 6.42 Å². The first-order chi connectivity index (χ1) is 12.4. The molecule has 0 aromatic heterocycles. The molecule has 0 saturated heterocycles. The molecule has 130 valence electrons. The number of phenols is 1. The minimum atomic E-state index is -0.586. The zero-order valence-electron chi connectivity index (χ0n) is 13.3. The molecule has 2 aromatic rings. The van der Waals surface area contributed by atoms with Crippen molar-refractivity contribution in [1.29, 1.82) is 5.26 Å². The number of ether oxygens (including phenoxy) is 1. The average Bonchev–Trinajstić information content (AvgIpc) is 2.60. The van der Waals surface area contributed by atoms with Gasteiger partial charge in [0.15, 0.2) is 0 Å². The van der Waals surface area contributed by atoms with Crippen molar-refractivity contribution in [2.24, 2.45) is 0 Å². The third-order valence-electron chi connectivity index (χ3n) is 3.13. The SMILES string of the molecule is C#CCOc1c(Br)cc(Br)cc1/C=C(\C#N)C(=O)Nc1ccc(O)cc1. The van der Waals surface area contributed by atoms with Gasteiger partial charge in [-0.1, -0.05) is 21.9 Å². The van der Waals surface area contributed by atoms with E-state index in [0.717, 1.165) is 4.47 Å². The summed E-state index contributed by atoms with van der Waals surface area (Å²) in [4.78, 5) is 12.4. The lowest BCUT2D eigenvalue weighted by Crippen LogP contribution is -2.13. The smallest absolute Gasteiger partial charge is 0.266 e. The number of nitrogens with one attached hydrogen (secondary N) is 1. The van der Waals surface area contributed by atoms with E-state index in [1.807, 2.05) is 6.07 Å². The molecule has 26 heavy (non-hydrogen) atoms. The molecule has 0 heterocycles. The van der Waals surface area contributed by atoms with Crippen LogP contribution >= 0.6 is 31.9 Å². The van der Waals surface area contributed by atoms with Crippen molar-refractivity contribution < 1.29 is 14.6 Å². The molecular formula is C19H12Br2N2O3. The van der Waals surface area contributed by atoms with Crippen LogP contribution in [-0.2, 0) is 4.79 Å². The van der Waals surface area contributed by atoms with Crippen molar-refractivity contribution in [1.82, 2.24) is 0 Å². The summed E-state index contributed by atoms with van der Waals surface area (Å²) in [5.41, 5.74) is 0.848. The number of hydrogen-bond acceptors (Lipinski definition) is 4. The highest BCUT2D eigenvalue weighted by Crippen LogP contribution is 2.34. The van der Waals surface area contributed by atoms with E-state index < -0.39 is 5.91 Å². The highest BCUT2D eigenvalue weighted by Gasteiger charge is 2.14. The van der Waals surface area contributed by atoms with Gasteiger partial charge in [0, 0.05) is 15.7 Å². The van der Waals surface area contributed by atoms with Crippen LogP contribution in [0.3, 0.4) is 0 Å². The molecule has 0 aliphatic heterocycles. The van der Waals surface area contributed by atoms with Gasteiger partial charge in [0.1, 0.15) is 29.7 Å². The van der Waals surface area contributed by atoms with Gasteiger partial charge in [0.25, 0.3) is 5.91 Å². The molecule has 0 saturated carbocycles. The molecule has 0 unspecified atom stereocenters. The van der Waals surface area contributed by atoms with Crippen LogP contribution in [0.15, 0.2) is 50.9 Å². The lowest BCUT2D eigenvalue weighted by molar-refractivity contribution is -0.112. The minimum absolute atomic E-state index is 0.0443. The minimum Gasteiger partial charge on any atom is -0.508 e. The summed E-state index contributed by atoms with van der Waals surface area (Å²) in [6.45, 7) is 0.0443. The Balaban J connectivity index is 2.36. The Morgan fingerprint density at radius 1 is 1.31 bits per heavy atom. The monoisotopic (exact) mass is 474 g/mol. The van der Waals surface area contributed by atoms with E-state index in [9.17, 15) is 15.2 Å². The zero-order valence-corrected chi connectivity index (χ0v) is 16.5. The maximum absolute atomic E-state index is 12.4. The predicted molar refractivity (Wildman–Crippen MR) is 106 cm³/mol. The summed E-state index contributed by atoms with van der Waals surface area (Å²) in [5, 5.41) is 21.2. The summed E-state index contributed by atoms with van der Waals surface area (Å²) in [7, 11) is 0. The second-order valence-electron chi connectivity index (χ2n) is 4.97. The third kappa shape index (κ3) is 5.13. The van der Waals surface area contributed by atoms with Gasteiger partial charge < -0.3 is 15.2 Å². The Kier molecular flexibility index (Phi) is 6.85. The molecule has 2 aromatic carbocycles. The predicted octanol–water partition coefficient (Wildman–Crippen LogP) is 4.47. The van der Waals surface area contributed by atoms with Gasteiger partial charge in [-0.3, -0.25) is 4.79 Å². The number of rotatable bonds is 5. The fraction of sp³-hybridized carbons (Fsp3) is 0.0526. The molecule has 7 heteroatoms. The van der Waals surface area contributed by atoms with Crippen molar-refractivity contribution in [3.8, 4) is 29.9 Å². The van der Waals surface area contributed by atoms with E-state index in [0.29, 0.717) is 21.5 Å². The topological polar surface area (TPSA) is 82.3 Å². The van der Waals surface area contributed by atoms with Gasteiger partial charge in [-0.05, 0) is 58.4 Å². The number of carbonyl (C=O) groups excluding carboxylic acids is 1. The van der Waals surface area contributed by atoms with E-state index >= 15 is 0 Å². The summed E-state index contributed by atoms with van der Waals surface area (Å²) in [5.74, 6) is 2.29. The van der Waals surface area contributed by atoms with Crippen LogP contribution in [0.2, 0.25) is 0 Å². The number of terminal acetylenes is 1. The summed E-state index contributed by atoms with van der Waals surface area (Å²) in [6.07, 6.45) is 6.64. The quantitative estimate of drug-likeness (QED) is 0.289. The Labute approximate surface area is 167 Å². The van der Waals surface area contributed by atoms with Crippen LogP contribution in [0.4, 0.5) is 5.69 Å². The van der Waals surface area contributed by atoms with Crippen molar-refractivity contribution in [3.05, 3.63) is 56.5 Å². The Morgan fingerprint density at radius 3 is 2.62 bits per heavy atom. The highest BCUT2D eigenvalue weighted by molar-refractivity contribution is 9.11. The number of phenolic OH excluding ortho intramolecular Hbond substituents is 1. The number of halogens is 2. The van der Waals surface area contributed by atoms with E-state index in [1.54, 1.807) is 12.1 Å². The number of benzene rings is 2. The molecule has 2 rings (SSSR count). The molecular weight excluding hydrogens is 464 g/mol. The number of carbonyl (C=O) groups is 1. The van der Waals surface area contributed by atoms with E-state index in [2.05, 4.69) is 43.1 Å². The molecule has 0 aliphatic carbocycles. The molecule has 2 N–H and O–H groups in total. The van der Waals surface area contributed by atoms with Crippen LogP contribution in [0, 0.1) is 23.7 Å². The molecule has 0 radical (unpaired) electrons. The molecule has 0 aliphatic rings. The fourth-order valence-electron chi connectivity index (χ4n) is 2.00. The number of amides is 1. The first kappa shape index (κ1) is 19.6. The van der Waals surface area contributed by atoms with E-state index in [1.165, 1.54) is 30.3 Å². The maximum Gasteiger partial charge on any atom is 0.266 e. The highest BCUT2D eigenvalue weighted by atomic mass is 79.9. The van der Waals surface area contributed by atoms with Crippen LogP contribution < -0.4 is 10.1 Å². The number of nitrogens with zero attached hydrogens (tertiary/aromatic N) is 1. The normalized spacial score (nSPS) is 10.5. The Bertz CT molecular complexity index is 939. The molecule has 0 fully saturated rings. The fourth-order valence-corrected chi connectivity index (χ4v) is 3.37. The number of nitriles is 1. The third-order valence-corrected chi connectivity index (χ3v) is 4.17. The standard InChI is InChI=1S/C19H12Br2N2O3/c1-2-7-26-18-12(9-14(20)10-17(18)21)8-13(11-22)19(25)23-15-3-5-16(24)6-4-15/h1,3-6,8-10,24H,7H2,(H,23,25)/b13-8+. The van der Waals surface area contributed by atoms with E-state index in [-0.39, 0.29) is 17.9 Å². The molecule has 0 spiro atoms. The van der Waals surface area contributed by atoms with Gasteiger partial charge in [0.05, 0.1) is 4.47 Å². The van der Waals surface area contributed by atoms with Gasteiger partial charge >= 0.3 is 0 Å². The first-order valence-electron chi connectivity index (χ1n) is 7.22. The molecule has 1 amide bonds. The van der Waals surface area contributed by atoms with Crippen LogP contribution in [0.5, 0.6) is 11.5 Å². The van der Waals surface area contributed by atoms with Gasteiger partial charge in [-0.2, -0.15) is 5.26 Å². The van der Waals surface area contributed by atoms with Gasteiger partial charge in [-0.25, -0.2) is 0 Å². The second-order valence-corrected chi connectivity index (χ2v) is 6.74. The second kappa shape index (κ2) is 9.10. The lowest BCUT2D eigenvalue weighted by atomic mass is 10.1. The number of aromatic hydroxyl groups is 1. The van der Waals surface area contributed by atoms with Crippen molar-refractivity contribution in [2.45, 2.75) is 0 Å². The number of anilines is 1. The van der Waals surface area contributed by atoms with Crippen molar-refractivity contribution in [3.63, 3.8) is 0 Å². The zero-order chi connectivity index (χ0) is 19.1. The lowest BCUT2D eigenvalue weighted by Gasteiger charge is -2.11.